The van der Waals surface area contributed by atoms with Crippen molar-refractivity contribution in [3.05, 3.63) is 58.6 Å². The summed E-state index contributed by atoms with van der Waals surface area (Å²) in [5, 5.41) is 0. The van der Waals surface area contributed by atoms with Crippen LogP contribution in [0.25, 0.3) is 0 Å². The minimum absolute atomic E-state index is 0.433. The van der Waals surface area contributed by atoms with Crippen molar-refractivity contribution >= 4 is 27.3 Å². The standard InChI is InChI=1S/C16H17BrN2/c17-14-7-1-2-8-16(14)19-10-4-9-15(19)12-5-3-6-13(18)11-12/h1-3,5-8,11,15H,4,9-10,18H2. The zero-order valence-electron chi connectivity index (χ0n) is 10.7. The van der Waals surface area contributed by atoms with Gasteiger partial charge in [-0.15, -0.1) is 0 Å². The first-order chi connectivity index (χ1) is 9.25. The minimum Gasteiger partial charge on any atom is -0.399 e. The molecule has 2 aromatic carbocycles. The molecule has 0 aromatic heterocycles. The number of rotatable bonds is 2. The maximum Gasteiger partial charge on any atom is 0.0544 e. The van der Waals surface area contributed by atoms with E-state index in [9.17, 15) is 0 Å². The summed E-state index contributed by atoms with van der Waals surface area (Å²) in [5.41, 5.74) is 9.34. The van der Waals surface area contributed by atoms with Gasteiger partial charge >= 0.3 is 0 Å². The summed E-state index contributed by atoms with van der Waals surface area (Å²) in [6.07, 6.45) is 2.41. The van der Waals surface area contributed by atoms with Crippen molar-refractivity contribution in [3.63, 3.8) is 0 Å². The number of halogens is 1. The molecule has 3 heteroatoms. The van der Waals surface area contributed by atoms with Gasteiger partial charge in [-0.05, 0) is 58.6 Å². The fourth-order valence-corrected chi connectivity index (χ4v) is 3.37. The highest BCUT2D eigenvalue weighted by Gasteiger charge is 2.27. The molecule has 1 unspecified atom stereocenters. The van der Waals surface area contributed by atoms with Crippen LogP contribution in [-0.2, 0) is 0 Å². The summed E-state index contributed by atoms with van der Waals surface area (Å²) >= 11 is 3.65. The van der Waals surface area contributed by atoms with Crippen LogP contribution in [0.5, 0.6) is 0 Å². The Morgan fingerprint density at radius 1 is 1.11 bits per heavy atom. The monoisotopic (exact) mass is 316 g/mol. The lowest BCUT2D eigenvalue weighted by atomic mass is 10.0. The molecular weight excluding hydrogens is 300 g/mol. The zero-order chi connectivity index (χ0) is 13.2. The number of para-hydroxylation sites is 1. The lowest BCUT2D eigenvalue weighted by molar-refractivity contribution is 0.719. The lowest BCUT2D eigenvalue weighted by Crippen LogP contribution is -2.22. The molecule has 98 valence electrons. The third-order valence-corrected chi connectivity index (χ3v) is 4.38. The molecular formula is C16H17BrN2. The number of hydrogen-bond acceptors (Lipinski definition) is 2. The van der Waals surface area contributed by atoms with Gasteiger partial charge in [-0.25, -0.2) is 0 Å². The van der Waals surface area contributed by atoms with Gasteiger partial charge in [0.1, 0.15) is 0 Å². The highest BCUT2D eigenvalue weighted by atomic mass is 79.9. The highest BCUT2D eigenvalue weighted by molar-refractivity contribution is 9.10. The van der Waals surface area contributed by atoms with Gasteiger partial charge in [-0.3, -0.25) is 0 Å². The molecule has 1 heterocycles. The molecule has 0 aliphatic carbocycles. The fraction of sp³-hybridized carbons (Fsp3) is 0.250. The molecule has 2 aromatic rings. The normalized spacial score (nSPS) is 18.8. The average Bonchev–Trinajstić information content (AvgIpc) is 2.88. The molecule has 2 N–H and O–H groups in total. The van der Waals surface area contributed by atoms with Gasteiger partial charge in [0.2, 0.25) is 0 Å². The van der Waals surface area contributed by atoms with Crippen LogP contribution in [-0.4, -0.2) is 6.54 Å². The molecule has 1 aliphatic rings. The zero-order valence-corrected chi connectivity index (χ0v) is 12.3. The largest absolute Gasteiger partial charge is 0.399 e. The summed E-state index contributed by atoms with van der Waals surface area (Å²) in [6, 6.07) is 17.1. The van der Waals surface area contributed by atoms with Crippen LogP contribution in [0.4, 0.5) is 11.4 Å². The molecule has 1 aliphatic heterocycles. The molecule has 0 radical (unpaired) electrons. The van der Waals surface area contributed by atoms with Crippen molar-refractivity contribution in [2.24, 2.45) is 0 Å². The summed E-state index contributed by atoms with van der Waals surface area (Å²) in [6.45, 7) is 1.10. The van der Waals surface area contributed by atoms with Crippen LogP contribution in [0.3, 0.4) is 0 Å². The van der Waals surface area contributed by atoms with Crippen LogP contribution >= 0.6 is 15.9 Å². The molecule has 2 nitrogen and oxygen atoms in total. The Morgan fingerprint density at radius 3 is 2.74 bits per heavy atom. The van der Waals surface area contributed by atoms with Gasteiger partial charge in [0.05, 0.1) is 11.7 Å². The molecule has 0 spiro atoms. The summed E-state index contributed by atoms with van der Waals surface area (Å²) in [4.78, 5) is 2.47. The van der Waals surface area contributed by atoms with E-state index in [4.69, 9.17) is 5.73 Å². The molecule has 19 heavy (non-hydrogen) atoms. The van der Waals surface area contributed by atoms with Gasteiger partial charge in [0.15, 0.2) is 0 Å². The second-order valence-corrected chi connectivity index (χ2v) is 5.83. The SMILES string of the molecule is Nc1cccc(C2CCCN2c2ccccc2Br)c1. The van der Waals surface area contributed by atoms with Gasteiger partial charge in [-0.1, -0.05) is 24.3 Å². The average molecular weight is 317 g/mol. The smallest absolute Gasteiger partial charge is 0.0544 e. The van der Waals surface area contributed by atoms with Crippen LogP contribution in [0.15, 0.2) is 53.0 Å². The van der Waals surface area contributed by atoms with Gasteiger partial charge in [-0.2, -0.15) is 0 Å². The Hall–Kier alpha value is -1.48. The van der Waals surface area contributed by atoms with E-state index < -0.39 is 0 Å². The van der Waals surface area contributed by atoms with E-state index >= 15 is 0 Å². The highest BCUT2D eigenvalue weighted by Crippen LogP contribution is 2.39. The molecule has 1 fully saturated rings. The lowest BCUT2D eigenvalue weighted by Gasteiger charge is -2.28. The summed E-state index contributed by atoms with van der Waals surface area (Å²) in [7, 11) is 0. The quantitative estimate of drug-likeness (QED) is 0.833. The molecule has 1 atom stereocenters. The van der Waals surface area contributed by atoms with Crippen molar-refractivity contribution in [2.45, 2.75) is 18.9 Å². The number of nitrogens with zero attached hydrogens (tertiary/aromatic N) is 1. The van der Waals surface area contributed by atoms with E-state index in [1.165, 1.54) is 24.1 Å². The van der Waals surface area contributed by atoms with Crippen LogP contribution < -0.4 is 10.6 Å². The van der Waals surface area contributed by atoms with Crippen molar-refractivity contribution in [2.75, 3.05) is 17.2 Å². The van der Waals surface area contributed by atoms with Crippen molar-refractivity contribution in [1.82, 2.24) is 0 Å². The Morgan fingerprint density at radius 2 is 1.95 bits per heavy atom. The number of hydrogen-bond donors (Lipinski definition) is 1. The van der Waals surface area contributed by atoms with E-state index in [0.717, 1.165) is 16.7 Å². The molecule has 0 amide bonds. The van der Waals surface area contributed by atoms with Gasteiger partial charge < -0.3 is 10.6 Å². The minimum atomic E-state index is 0.433. The molecule has 0 bridgehead atoms. The second kappa shape index (κ2) is 5.25. The van der Waals surface area contributed by atoms with E-state index in [1.54, 1.807) is 0 Å². The van der Waals surface area contributed by atoms with E-state index in [1.807, 2.05) is 12.1 Å². The van der Waals surface area contributed by atoms with Crippen molar-refractivity contribution in [3.8, 4) is 0 Å². The maximum atomic E-state index is 5.91. The third kappa shape index (κ3) is 2.47. The first kappa shape index (κ1) is 12.5. The Balaban J connectivity index is 1.96. The topological polar surface area (TPSA) is 29.3 Å². The number of nitrogen functional groups attached to an aromatic ring is 1. The van der Waals surface area contributed by atoms with Crippen molar-refractivity contribution in [1.29, 1.82) is 0 Å². The van der Waals surface area contributed by atoms with Gasteiger partial charge in [0.25, 0.3) is 0 Å². The van der Waals surface area contributed by atoms with Crippen molar-refractivity contribution < 1.29 is 0 Å². The van der Waals surface area contributed by atoms with Crippen LogP contribution in [0.1, 0.15) is 24.4 Å². The third-order valence-electron chi connectivity index (χ3n) is 3.71. The second-order valence-electron chi connectivity index (χ2n) is 4.97. The number of anilines is 2. The summed E-state index contributed by atoms with van der Waals surface area (Å²) < 4.78 is 1.16. The molecule has 3 rings (SSSR count). The van der Waals surface area contributed by atoms with Gasteiger partial charge in [0, 0.05) is 16.7 Å². The predicted molar refractivity (Wildman–Crippen MR) is 84.3 cm³/mol. The molecule has 1 saturated heterocycles. The first-order valence-electron chi connectivity index (χ1n) is 6.62. The Bertz CT molecular complexity index is 582. The van der Waals surface area contributed by atoms with Crippen LogP contribution in [0.2, 0.25) is 0 Å². The predicted octanol–water partition coefficient (Wildman–Crippen LogP) is 4.37. The Labute approximate surface area is 122 Å². The first-order valence-corrected chi connectivity index (χ1v) is 7.41. The maximum absolute atomic E-state index is 5.91. The number of benzene rings is 2. The summed E-state index contributed by atoms with van der Waals surface area (Å²) in [5.74, 6) is 0. The molecule has 0 saturated carbocycles. The van der Waals surface area contributed by atoms with E-state index in [-0.39, 0.29) is 0 Å². The van der Waals surface area contributed by atoms with Crippen LogP contribution in [0, 0.1) is 0 Å². The Kier molecular flexibility index (Phi) is 3.47. The van der Waals surface area contributed by atoms with E-state index in [2.05, 4.69) is 57.2 Å². The fourth-order valence-electron chi connectivity index (χ4n) is 2.85. The van der Waals surface area contributed by atoms with E-state index in [0.29, 0.717) is 6.04 Å². The number of nitrogens with two attached hydrogens (primary N) is 1.